The molecule has 0 aromatic carbocycles. The van der Waals surface area contributed by atoms with Gasteiger partial charge in [0.1, 0.15) is 5.41 Å². The first kappa shape index (κ1) is 15.3. The van der Waals surface area contributed by atoms with Crippen LogP contribution in [0, 0.1) is 5.41 Å². The van der Waals surface area contributed by atoms with Crippen LogP contribution in [0.5, 0.6) is 0 Å². The molecule has 0 saturated heterocycles. The SMILES string of the molecule is CCOC(=O)C1(C2=NC(C)(C)CC(C)O2)CCCCC1. The lowest BCUT2D eigenvalue weighted by Gasteiger charge is -2.41. The summed E-state index contributed by atoms with van der Waals surface area (Å²) in [5, 5.41) is 0. The molecule has 1 aliphatic heterocycles. The molecule has 1 atom stereocenters. The average molecular weight is 281 g/mol. The molecule has 2 aliphatic rings. The summed E-state index contributed by atoms with van der Waals surface area (Å²) in [6.45, 7) is 8.52. The molecule has 1 unspecified atom stereocenters. The molecule has 0 N–H and O–H groups in total. The van der Waals surface area contributed by atoms with Crippen molar-refractivity contribution in [3.63, 3.8) is 0 Å². The molecule has 4 heteroatoms. The Kier molecular flexibility index (Phi) is 4.40. The summed E-state index contributed by atoms with van der Waals surface area (Å²) in [6.07, 6.45) is 5.83. The van der Waals surface area contributed by atoms with E-state index in [1.54, 1.807) is 0 Å². The molecule has 0 aromatic heterocycles. The van der Waals surface area contributed by atoms with Crippen LogP contribution in [0.2, 0.25) is 0 Å². The largest absolute Gasteiger partial charge is 0.477 e. The van der Waals surface area contributed by atoms with E-state index in [9.17, 15) is 4.79 Å². The lowest BCUT2D eigenvalue weighted by atomic mass is 9.73. The third-order valence-corrected chi connectivity index (χ3v) is 4.29. The molecule has 0 amide bonds. The first-order valence-electron chi connectivity index (χ1n) is 7.84. The normalized spacial score (nSPS) is 28.2. The Morgan fingerprint density at radius 1 is 1.35 bits per heavy atom. The topological polar surface area (TPSA) is 47.9 Å². The van der Waals surface area contributed by atoms with Crippen LogP contribution in [0.25, 0.3) is 0 Å². The van der Waals surface area contributed by atoms with Crippen LogP contribution < -0.4 is 0 Å². The van der Waals surface area contributed by atoms with Gasteiger partial charge in [-0.05, 0) is 40.5 Å². The van der Waals surface area contributed by atoms with E-state index in [0.29, 0.717) is 12.5 Å². The van der Waals surface area contributed by atoms with Crippen LogP contribution in [-0.2, 0) is 14.3 Å². The molecule has 114 valence electrons. The van der Waals surface area contributed by atoms with E-state index in [1.807, 2.05) is 6.92 Å². The molecule has 0 aromatic rings. The summed E-state index contributed by atoms with van der Waals surface area (Å²) in [4.78, 5) is 17.3. The summed E-state index contributed by atoms with van der Waals surface area (Å²) < 4.78 is 11.3. The Morgan fingerprint density at radius 2 is 2.00 bits per heavy atom. The minimum Gasteiger partial charge on any atom is -0.477 e. The number of esters is 1. The van der Waals surface area contributed by atoms with E-state index < -0.39 is 5.41 Å². The molecule has 1 heterocycles. The molecule has 0 bridgehead atoms. The van der Waals surface area contributed by atoms with Gasteiger partial charge in [-0.1, -0.05) is 19.3 Å². The second-order valence-electron chi connectivity index (χ2n) is 6.73. The average Bonchev–Trinajstić information content (AvgIpc) is 2.37. The fourth-order valence-electron chi connectivity index (χ4n) is 3.43. The van der Waals surface area contributed by atoms with Gasteiger partial charge in [-0.25, -0.2) is 4.99 Å². The predicted octanol–water partition coefficient (Wildman–Crippen LogP) is 3.49. The van der Waals surface area contributed by atoms with Gasteiger partial charge in [0.05, 0.1) is 18.2 Å². The number of hydrogen-bond donors (Lipinski definition) is 0. The van der Waals surface area contributed by atoms with E-state index >= 15 is 0 Å². The van der Waals surface area contributed by atoms with Crippen molar-refractivity contribution in [2.75, 3.05) is 6.61 Å². The second-order valence-corrected chi connectivity index (χ2v) is 6.73. The van der Waals surface area contributed by atoms with E-state index in [2.05, 4.69) is 20.8 Å². The van der Waals surface area contributed by atoms with Crippen LogP contribution >= 0.6 is 0 Å². The number of nitrogens with zero attached hydrogens (tertiary/aromatic N) is 1. The van der Waals surface area contributed by atoms with E-state index in [4.69, 9.17) is 14.5 Å². The Morgan fingerprint density at radius 3 is 2.55 bits per heavy atom. The van der Waals surface area contributed by atoms with Crippen LogP contribution in [0.1, 0.15) is 66.2 Å². The molecule has 4 nitrogen and oxygen atoms in total. The predicted molar refractivity (Wildman–Crippen MR) is 78.8 cm³/mol. The summed E-state index contributed by atoms with van der Waals surface area (Å²) in [6, 6.07) is 0. The maximum absolute atomic E-state index is 12.6. The lowest BCUT2D eigenvalue weighted by molar-refractivity contribution is -0.154. The van der Waals surface area contributed by atoms with Gasteiger partial charge < -0.3 is 9.47 Å². The standard InChI is InChI=1S/C16H27NO3/c1-5-19-14(18)16(9-7-6-8-10-16)13-17-15(3,4)11-12(2)20-13/h12H,5-11H2,1-4H3. The van der Waals surface area contributed by atoms with Crippen molar-refractivity contribution in [2.24, 2.45) is 10.4 Å². The summed E-state index contributed by atoms with van der Waals surface area (Å²) in [5.74, 6) is 0.475. The zero-order valence-electron chi connectivity index (χ0n) is 13.2. The van der Waals surface area contributed by atoms with E-state index in [-0.39, 0.29) is 17.6 Å². The minimum absolute atomic E-state index is 0.103. The van der Waals surface area contributed by atoms with E-state index in [1.165, 1.54) is 6.42 Å². The first-order chi connectivity index (χ1) is 9.39. The van der Waals surface area contributed by atoms with Crippen molar-refractivity contribution >= 4 is 11.9 Å². The van der Waals surface area contributed by atoms with Crippen LogP contribution in [0.15, 0.2) is 4.99 Å². The van der Waals surface area contributed by atoms with Gasteiger partial charge in [-0.2, -0.15) is 0 Å². The Hall–Kier alpha value is -1.06. The highest BCUT2D eigenvalue weighted by Crippen LogP contribution is 2.42. The Labute approximate surface area is 121 Å². The van der Waals surface area contributed by atoms with E-state index in [0.717, 1.165) is 32.1 Å². The lowest BCUT2D eigenvalue weighted by Crippen LogP contribution is -2.48. The van der Waals surface area contributed by atoms with Gasteiger partial charge >= 0.3 is 5.97 Å². The highest BCUT2D eigenvalue weighted by atomic mass is 16.5. The fraction of sp³-hybridized carbons (Fsp3) is 0.875. The van der Waals surface area contributed by atoms with Crippen molar-refractivity contribution in [3.8, 4) is 0 Å². The van der Waals surface area contributed by atoms with Gasteiger partial charge in [0.15, 0.2) is 0 Å². The number of aliphatic imine (C=N–C) groups is 1. The quantitative estimate of drug-likeness (QED) is 0.744. The van der Waals surface area contributed by atoms with Crippen LogP contribution in [-0.4, -0.2) is 30.1 Å². The molecule has 2 rings (SSSR count). The van der Waals surface area contributed by atoms with Crippen LogP contribution in [0.4, 0.5) is 0 Å². The van der Waals surface area contributed by atoms with Crippen LogP contribution in [0.3, 0.4) is 0 Å². The zero-order valence-corrected chi connectivity index (χ0v) is 13.2. The van der Waals surface area contributed by atoms with Gasteiger partial charge in [0.2, 0.25) is 5.90 Å². The summed E-state index contributed by atoms with van der Waals surface area (Å²) in [7, 11) is 0. The van der Waals surface area contributed by atoms with Crippen molar-refractivity contribution in [1.29, 1.82) is 0 Å². The zero-order chi connectivity index (χ0) is 14.8. The van der Waals surface area contributed by atoms with Crippen molar-refractivity contribution in [3.05, 3.63) is 0 Å². The number of rotatable bonds is 3. The van der Waals surface area contributed by atoms with Crippen molar-refractivity contribution in [1.82, 2.24) is 0 Å². The number of ether oxygens (including phenoxy) is 2. The van der Waals surface area contributed by atoms with Gasteiger partial charge in [-0.15, -0.1) is 0 Å². The third-order valence-electron chi connectivity index (χ3n) is 4.29. The van der Waals surface area contributed by atoms with Gasteiger partial charge in [0.25, 0.3) is 0 Å². The maximum Gasteiger partial charge on any atom is 0.321 e. The molecular formula is C16H27NO3. The molecule has 0 radical (unpaired) electrons. The molecule has 1 saturated carbocycles. The van der Waals surface area contributed by atoms with Crippen molar-refractivity contribution < 1.29 is 14.3 Å². The summed E-state index contributed by atoms with van der Waals surface area (Å²) in [5.41, 5.74) is -0.801. The minimum atomic E-state index is -0.639. The second kappa shape index (κ2) is 5.74. The molecule has 0 spiro atoms. The highest BCUT2D eigenvalue weighted by molar-refractivity contribution is 6.03. The van der Waals surface area contributed by atoms with Crippen molar-refractivity contribution in [2.45, 2.75) is 77.9 Å². The summed E-state index contributed by atoms with van der Waals surface area (Å²) >= 11 is 0. The molecular weight excluding hydrogens is 254 g/mol. The number of carbonyl (C=O) groups is 1. The number of carbonyl (C=O) groups excluding carboxylic acids is 1. The Balaban J connectivity index is 2.35. The molecule has 1 aliphatic carbocycles. The third kappa shape index (κ3) is 2.99. The molecule has 1 fully saturated rings. The fourth-order valence-corrected chi connectivity index (χ4v) is 3.43. The highest BCUT2D eigenvalue weighted by Gasteiger charge is 2.49. The maximum atomic E-state index is 12.6. The monoisotopic (exact) mass is 281 g/mol. The smallest absolute Gasteiger partial charge is 0.321 e. The Bertz CT molecular complexity index is 395. The number of hydrogen-bond acceptors (Lipinski definition) is 4. The van der Waals surface area contributed by atoms with Gasteiger partial charge in [0, 0.05) is 6.42 Å². The molecule has 20 heavy (non-hydrogen) atoms. The first-order valence-corrected chi connectivity index (χ1v) is 7.84. The van der Waals surface area contributed by atoms with Gasteiger partial charge in [-0.3, -0.25) is 4.79 Å².